The summed E-state index contributed by atoms with van der Waals surface area (Å²) in [5.41, 5.74) is 1.45. The highest BCUT2D eigenvalue weighted by molar-refractivity contribution is 5.75. The van der Waals surface area contributed by atoms with E-state index >= 15 is 0 Å². The Balaban J connectivity index is 1.35. The van der Waals surface area contributed by atoms with E-state index in [-0.39, 0.29) is 12.0 Å². The van der Waals surface area contributed by atoms with Gasteiger partial charge in [0.25, 0.3) is 0 Å². The Kier molecular flexibility index (Phi) is 8.06. The van der Waals surface area contributed by atoms with Crippen molar-refractivity contribution in [3.8, 4) is 40.0 Å². The van der Waals surface area contributed by atoms with E-state index in [4.69, 9.17) is 14.2 Å². The van der Waals surface area contributed by atoms with Gasteiger partial charge in [-0.15, -0.1) is 5.10 Å². The fourth-order valence-corrected chi connectivity index (χ4v) is 5.05. The van der Waals surface area contributed by atoms with Crippen molar-refractivity contribution >= 4 is 11.6 Å². The van der Waals surface area contributed by atoms with Crippen molar-refractivity contribution in [2.45, 2.75) is 45.0 Å². The molecule has 1 fully saturated rings. The van der Waals surface area contributed by atoms with Gasteiger partial charge in [0.05, 0.1) is 31.0 Å². The van der Waals surface area contributed by atoms with Gasteiger partial charge in [-0.25, -0.2) is 19.6 Å². The predicted molar refractivity (Wildman–Crippen MR) is 150 cm³/mol. The Morgan fingerprint density at radius 1 is 1.07 bits per heavy atom. The van der Waals surface area contributed by atoms with E-state index in [1.807, 2.05) is 6.92 Å². The molecule has 2 aliphatic heterocycles. The van der Waals surface area contributed by atoms with Crippen molar-refractivity contribution in [3.05, 3.63) is 36.9 Å². The molecule has 6 rings (SSSR count). The molecule has 1 N–H and O–H groups in total. The molecule has 1 atom stereocenters. The molecule has 6 heterocycles. The van der Waals surface area contributed by atoms with Crippen LogP contribution in [0.15, 0.2) is 36.9 Å². The molecule has 228 valence electrons. The number of anilines is 2. The number of aromatic nitrogens is 7. The lowest BCUT2D eigenvalue weighted by Crippen LogP contribution is -2.24. The van der Waals surface area contributed by atoms with E-state index in [1.165, 1.54) is 6.20 Å². The lowest BCUT2D eigenvalue weighted by Gasteiger charge is -2.19. The summed E-state index contributed by atoms with van der Waals surface area (Å²) in [7, 11) is 1.77. The molecule has 1 saturated heterocycles. The van der Waals surface area contributed by atoms with Crippen LogP contribution in [0.1, 0.15) is 26.2 Å². The summed E-state index contributed by atoms with van der Waals surface area (Å²) in [6.07, 6.45) is 4.42. The Morgan fingerprint density at radius 3 is 2.72 bits per heavy atom. The van der Waals surface area contributed by atoms with Crippen LogP contribution < -0.4 is 19.5 Å². The van der Waals surface area contributed by atoms with Gasteiger partial charge >= 0.3 is 6.18 Å². The standard InChI is InChI=1S/C28H32F3N9O3/c1-18-6-12-41-27-20(15-34-38(27)2)25-32-7-5-23(36-25)35-24-13-22(43-18)19(14-33-24)21-16-40(11-10-39-8-3-4-9-39)37-26(21)42-17-28(29,30)31/h5,7,13-16,18H,3-4,6,8-12,17H2,1-2H3,(H,32,33,35,36)/t18-/m0/s1. The molecule has 0 aliphatic carbocycles. The molecule has 0 aromatic carbocycles. The predicted octanol–water partition coefficient (Wildman–Crippen LogP) is 4.47. The molecule has 0 spiro atoms. The number of fused-ring (bicyclic) bond motifs is 6. The maximum Gasteiger partial charge on any atom is 0.422 e. The van der Waals surface area contributed by atoms with Gasteiger partial charge in [-0.2, -0.15) is 18.3 Å². The Labute approximate surface area is 245 Å². The molecule has 0 saturated carbocycles. The highest BCUT2D eigenvalue weighted by atomic mass is 19.4. The Hall–Kier alpha value is -4.40. The number of halogens is 3. The first kappa shape index (κ1) is 28.7. The lowest BCUT2D eigenvalue weighted by molar-refractivity contribution is -0.154. The number of rotatable bonds is 6. The number of likely N-dealkylation sites (tertiary alicyclic amines) is 1. The van der Waals surface area contributed by atoms with Crippen LogP contribution in [0.4, 0.5) is 24.8 Å². The van der Waals surface area contributed by atoms with Gasteiger partial charge in [0.2, 0.25) is 11.8 Å². The molecule has 15 heteroatoms. The van der Waals surface area contributed by atoms with Gasteiger partial charge in [0.1, 0.15) is 22.9 Å². The molecule has 0 radical (unpaired) electrons. The molecule has 4 bridgehead atoms. The van der Waals surface area contributed by atoms with E-state index < -0.39 is 12.8 Å². The van der Waals surface area contributed by atoms with Crippen LogP contribution in [-0.4, -0.2) is 84.5 Å². The maximum atomic E-state index is 13.2. The summed E-state index contributed by atoms with van der Waals surface area (Å²) in [6, 6.07) is 3.38. The van der Waals surface area contributed by atoms with Crippen molar-refractivity contribution in [2.75, 3.05) is 38.2 Å². The highest BCUT2D eigenvalue weighted by Gasteiger charge is 2.30. The number of aryl methyl sites for hydroxylation is 1. The van der Waals surface area contributed by atoms with Crippen LogP contribution in [-0.2, 0) is 13.6 Å². The van der Waals surface area contributed by atoms with Crippen molar-refractivity contribution in [2.24, 2.45) is 7.05 Å². The summed E-state index contributed by atoms with van der Waals surface area (Å²) >= 11 is 0. The number of hydrogen-bond acceptors (Lipinski definition) is 10. The maximum absolute atomic E-state index is 13.2. The first-order chi connectivity index (χ1) is 20.7. The SMILES string of the molecule is C[C@H]1CCOc2c(cnn2C)-c2nccc(n2)Nc2cc(c(-c3cn(CCN4CCCC4)nc3OCC(F)(F)F)cn2)O1. The van der Waals surface area contributed by atoms with E-state index in [0.29, 0.717) is 65.4 Å². The zero-order valence-corrected chi connectivity index (χ0v) is 23.8. The summed E-state index contributed by atoms with van der Waals surface area (Å²) in [6.45, 7) is 3.98. The van der Waals surface area contributed by atoms with Gasteiger partial charge in [-0.1, -0.05) is 0 Å². The molecular weight excluding hydrogens is 567 g/mol. The molecule has 4 aromatic heterocycles. The van der Waals surface area contributed by atoms with Crippen LogP contribution in [0.25, 0.3) is 22.5 Å². The van der Waals surface area contributed by atoms with E-state index in [2.05, 4.69) is 35.4 Å². The normalized spacial score (nSPS) is 17.4. The van der Waals surface area contributed by atoms with Crippen LogP contribution in [0.3, 0.4) is 0 Å². The minimum absolute atomic E-state index is 0.138. The van der Waals surface area contributed by atoms with E-state index in [9.17, 15) is 13.2 Å². The Morgan fingerprint density at radius 2 is 1.91 bits per heavy atom. The third kappa shape index (κ3) is 6.82. The monoisotopic (exact) mass is 599 g/mol. The fourth-order valence-electron chi connectivity index (χ4n) is 5.05. The third-order valence-corrected chi connectivity index (χ3v) is 7.23. The van der Waals surface area contributed by atoms with Crippen LogP contribution in [0, 0.1) is 0 Å². The second-order valence-corrected chi connectivity index (χ2v) is 10.6. The van der Waals surface area contributed by atoms with Crippen LogP contribution in [0.5, 0.6) is 17.5 Å². The zero-order valence-electron chi connectivity index (χ0n) is 23.8. The van der Waals surface area contributed by atoms with Crippen molar-refractivity contribution in [1.29, 1.82) is 0 Å². The Bertz CT molecular complexity index is 1570. The minimum Gasteiger partial charge on any atom is -0.490 e. The molecule has 0 amide bonds. The first-order valence-electron chi connectivity index (χ1n) is 14.1. The van der Waals surface area contributed by atoms with Gasteiger partial charge in [-0.3, -0.25) is 4.68 Å². The second kappa shape index (κ2) is 12.1. The minimum atomic E-state index is -4.52. The van der Waals surface area contributed by atoms with E-state index in [1.54, 1.807) is 47.1 Å². The quantitative estimate of drug-likeness (QED) is 0.340. The fraction of sp³-hybridized carbons (Fsp3) is 0.464. The van der Waals surface area contributed by atoms with Gasteiger partial charge < -0.3 is 24.4 Å². The number of ether oxygens (including phenoxy) is 3. The molecular formula is C28H32F3N9O3. The van der Waals surface area contributed by atoms with Crippen LogP contribution in [0.2, 0.25) is 0 Å². The molecule has 4 aromatic rings. The summed E-state index contributed by atoms with van der Waals surface area (Å²) < 4.78 is 60.3. The largest absolute Gasteiger partial charge is 0.490 e. The number of hydrogen-bond donors (Lipinski definition) is 1. The molecule has 2 aliphatic rings. The average molecular weight is 600 g/mol. The summed E-state index contributed by atoms with van der Waals surface area (Å²) in [5.74, 6) is 2.11. The van der Waals surface area contributed by atoms with Gasteiger partial charge in [-0.05, 0) is 38.9 Å². The van der Waals surface area contributed by atoms with Gasteiger partial charge in [0.15, 0.2) is 12.4 Å². The van der Waals surface area contributed by atoms with E-state index in [0.717, 1.165) is 32.5 Å². The smallest absolute Gasteiger partial charge is 0.422 e. The molecule has 43 heavy (non-hydrogen) atoms. The average Bonchev–Trinajstić information content (AvgIpc) is 3.71. The topological polar surface area (TPSA) is 117 Å². The number of pyridine rings is 1. The van der Waals surface area contributed by atoms with Crippen molar-refractivity contribution < 1.29 is 27.4 Å². The zero-order chi connectivity index (χ0) is 30.0. The van der Waals surface area contributed by atoms with Gasteiger partial charge in [0, 0.05) is 50.2 Å². The number of nitrogens with one attached hydrogen (secondary N) is 1. The highest BCUT2D eigenvalue weighted by Crippen LogP contribution is 2.38. The number of nitrogens with zero attached hydrogens (tertiary/aromatic N) is 8. The summed E-state index contributed by atoms with van der Waals surface area (Å²) in [5, 5.41) is 11.8. The van der Waals surface area contributed by atoms with Crippen molar-refractivity contribution in [1.82, 2.24) is 39.4 Å². The summed E-state index contributed by atoms with van der Waals surface area (Å²) in [4.78, 5) is 15.8. The molecule has 12 nitrogen and oxygen atoms in total. The third-order valence-electron chi connectivity index (χ3n) is 7.23. The lowest BCUT2D eigenvalue weighted by atomic mass is 10.1. The number of alkyl halides is 3. The molecule has 0 unspecified atom stereocenters. The second-order valence-electron chi connectivity index (χ2n) is 10.6. The van der Waals surface area contributed by atoms with Crippen molar-refractivity contribution in [3.63, 3.8) is 0 Å². The first-order valence-corrected chi connectivity index (χ1v) is 14.1. The van der Waals surface area contributed by atoms with Crippen LogP contribution >= 0.6 is 0 Å².